The molecular formula is C46H40N2O8Si2. The number of carbonyl (C=O) groups is 4. The van der Waals surface area contributed by atoms with E-state index in [1.807, 2.05) is 50.2 Å². The van der Waals surface area contributed by atoms with E-state index in [9.17, 15) is 19.2 Å². The van der Waals surface area contributed by atoms with Crippen molar-refractivity contribution >= 4 is 77.3 Å². The summed E-state index contributed by atoms with van der Waals surface area (Å²) in [4.78, 5) is 50.5. The lowest BCUT2D eigenvalue weighted by Crippen LogP contribution is -2.27. The molecule has 0 radical (unpaired) electrons. The maximum atomic E-state index is 12.8. The number of benzene rings is 6. The molecule has 4 N–H and O–H groups in total. The van der Waals surface area contributed by atoms with Crippen LogP contribution in [0.15, 0.2) is 146 Å². The van der Waals surface area contributed by atoms with Gasteiger partial charge in [0.05, 0.1) is 11.1 Å². The first-order chi connectivity index (χ1) is 28.0. The van der Waals surface area contributed by atoms with Gasteiger partial charge in [-0.25, -0.2) is 19.2 Å². The van der Waals surface area contributed by atoms with Crippen molar-refractivity contribution in [2.45, 2.75) is 13.8 Å². The van der Waals surface area contributed by atoms with Crippen molar-refractivity contribution in [3.8, 4) is 22.6 Å². The van der Waals surface area contributed by atoms with E-state index in [1.54, 1.807) is 109 Å². The molecule has 0 aliphatic carbocycles. The van der Waals surface area contributed by atoms with Gasteiger partial charge in [0.2, 0.25) is 0 Å². The summed E-state index contributed by atoms with van der Waals surface area (Å²) in [5.74, 6) is -1.18. The molecular weight excluding hydrogens is 765 g/mol. The molecule has 290 valence electrons. The Morgan fingerprint density at radius 2 is 0.845 bits per heavy atom. The van der Waals surface area contributed by atoms with E-state index in [-0.39, 0.29) is 0 Å². The van der Waals surface area contributed by atoms with E-state index in [0.29, 0.717) is 45.1 Å². The number of aryl methyl sites for hydroxylation is 2. The van der Waals surface area contributed by atoms with Gasteiger partial charge in [-0.1, -0.05) is 71.8 Å². The van der Waals surface area contributed by atoms with Crippen LogP contribution in [0.4, 0.5) is 11.4 Å². The maximum absolute atomic E-state index is 12.8. The molecule has 58 heavy (non-hydrogen) atoms. The zero-order valence-corrected chi connectivity index (χ0v) is 34.7. The van der Waals surface area contributed by atoms with Gasteiger partial charge in [-0.3, -0.25) is 0 Å². The molecule has 0 aliphatic heterocycles. The third-order valence-corrected chi connectivity index (χ3v) is 11.5. The number of esters is 2. The minimum Gasteiger partial charge on any atom is -0.517 e. The second-order valence-electron chi connectivity index (χ2n) is 13.4. The van der Waals surface area contributed by atoms with Gasteiger partial charge in [0.15, 0.2) is 0 Å². The second-order valence-corrected chi connectivity index (χ2v) is 16.0. The average molecular weight is 805 g/mol. The zero-order valence-electron chi connectivity index (χ0n) is 31.8. The molecule has 0 saturated heterocycles. The van der Waals surface area contributed by atoms with E-state index in [4.69, 9.17) is 29.8 Å². The first-order valence-electron chi connectivity index (χ1n) is 18.2. The van der Waals surface area contributed by atoms with Crippen LogP contribution in [-0.4, -0.2) is 43.4 Å². The lowest BCUT2D eigenvalue weighted by molar-refractivity contribution is -0.129. The molecule has 12 heteroatoms. The van der Waals surface area contributed by atoms with Gasteiger partial charge in [-0.05, 0) is 131 Å². The van der Waals surface area contributed by atoms with Crippen LogP contribution in [0.1, 0.15) is 43.0 Å². The number of carbonyl (C=O) groups excluding carboxylic acids is 4. The predicted octanol–water partition coefficient (Wildman–Crippen LogP) is 5.50. The van der Waals surface area contributed by atoms with E-state index >= 15 is 0 Å². The molecule has 6 aromatic carbocycles. The number of rotatable bonds is 13. The van der Waals surface area contributed by atoms with Crippen molar-refractivity contribution in [3.05, 3.63) is 179 Å². The quantitative estimate of drug-likeness (QED) is 0.0502. The molecule has 0 unspecified atom stereocenters. The normalized spacial score (nSPS) is 11.4. The smallest absolute Gasteiger partial charge is 0.343 e. The van der Waals surface area contributed by atoms with E-state index in [2.05, 4.69) is 0 Å². The molecule has 0 aliphatic rings. The summed E-state index contributed by atoms with van der Waals surface area (Å²) >= 11 is 0. The number of nitrogen functional groups attached to an aromatic ring is 2. The first kappa shape index (κ1) is 40.4. The van der Waals surface area contributed by atoms with Crippen LogP contribution in [0.5, 0.6) is 11.5 Å². The molecule has 0 saturated carbocycles. The molecule has 0 spiro atoms. The highest BCUT2D eigenvalue weighted by molar-refractivity contribution is 6.54. The molecule has 0 fully saturated rings. The highest BCUT2D eigenvalue weighted by Gasteiger charge is 2.15. The molecule has 6 aromatic rings. The van der Waals surface area contributed by atoms with Gasteiger partial charge in [-0.15, -0.1) is 0 Å². The Bertz CT molecular complexity index is 2320. The number of anilines is 2. The summed E-state index contributed by atoms with van der Waals surface area (Å²) in [5.41, 5.74) is 19.4. The number of hydrogen-bond acceptors (Lipinski definition) is 10. The van der Waals surface area contributed by atoms with E-state index < -0.39 is 43.4 Å². The third kappa shape index (κ3) is 11.4. The topological polar surface area (TPSA) is 157 Å². The Morgan fingerprint density at radius 1 is 0.483 bits per heavy atom. The van der Waals surface area contributed by atoms with Crippen LogP contribution in [-0.2, 0) is 18.4 Å². The Morgan fingerprint density at radius 3 is 1.21 bits per heavy atom. The summed E-state index contributed by atoms with van der Waals surface area (Å²) in [6.45, 7) is 3.88. The van der Waals surface area contributed by atoms with Gasteiger partial charge in [0.1, 0.15) is 11.5 Å². The largest absolute Gasteiger partial charge is 0.517 e. The minimum absolute atomic E-state index is 0.380. The minimum atomic E-state index is -1.62. The van der Waals surface area contributed by atoms with Crippen molar-refractivity contribution in [1.82, 2.24) is 0 Å². The van der Waals surface area contributed by atoms with Crippen molar-refractivity contribution < 1.29 is 37.5 Å². The van der Waals surface area contributed by atoms with Crippen molar-refractivity contribution in [2.24, 2.45) is 0 Å². The molecule has 0 amide bonds. The lowest BCUT2D eigenvalue weighted by Gasteiger charge is -2.15. The van der Waals surface area contributed by atoms with Crippen LogP contribution >= 0.6 is 0 Å². The van der Waals surface area contributed by atoms with Crippen LogP contribution < -0.4 is 31.3 Å². The molecule has 6 rings (SSSR count). The Kier molecular flexibility index (Phi) is 13.3. The van der Waals surface area contributed by atoms with Crippen LogP contribution in [0, 0.1) is 13.8 Å². The summed E-state index contributed by atoms with van der Waals surface area (Å²) < 4.78 is 22.4. The molecule has 0 heterocycles. The third-order valence-electron chi connectivity index (χ3n) is 8.87. The lowest BCUT2D eigenvalue weighted by atomic mass is 10.0. The van der Waals surface area contributed by atoms with Crippen LogP contribution in [0.2, 0.25) is 0 Å². The fourth-order valence-electron chi connectivity index (χ4n) is 5.72. The van der Waals surface area contributed by atoms with E-state index in [0.717, 1.165) is 32.6 Å². The molecule has 0 atom stereocenters. The summed E-state index contributed by atoms with van der Waals surface area (Å²) in [6, 6.07) is 38.6. The monoisotopic (exact) mass is 804 g/mol. The van der Waals surface area contributed by atoms with Crippen molar-refractivity contribution in [3.63, 3.8) is 0 Å². The van der Waals surface area contributed by atoms with Crippen LogP contribution in [0.3, 0.4) is 0 Å². The highest BCUT2D eigenvalue weighted by Crippen LogP contribution is 2.20. The average Bonchev–Trinajstić information content (AvgIpc) is 3.22. The van der Waals surface area contributed by atoms with Gasteiger partial charge in [0, 0.05) is 23.5 Å². The van der Waals surface area contributed by atoms with E-state index in [1.165, 1.54) is 12.2 Å². The highest BCUT2D eigenvalue weighted by atomic mass is 28.2. The number of nitrogens with two attached hydrogens (primary N) is 2. The SMILES string of the molecule is Cc1ccc(C(=O)Oc2ccc(/C=C/C(=O)O[SiH2]c3cc(N)ccc3-c3ccc(N)cc3[SiH2]OC(=O)/C=C/c3ccc(OC(=O)c4ccc(C)cc4)cc3)cc2)cc1. The van der Waals surface area contributed by atoms with Gasteiger partial charge < -0.3 is 29.8 Å². The zero-order chi connectivity index (χ0) is 41.0. The summed E-state index contributed by atoms with van der Waals surface area (Å²) in [7, 11) is -3.24. The van der Waals surface area contributed by atoms with Gasteiger partial charge in [-0.2, -0.15) is 0 Å². The van der Waals surface area contributed by atoms with Crippen LogP contribution in [0.25, 0.3) is 23.3 Å². The Labute approximate surface area is 340 Å². The molecule has 0 bridgehead atoms. The Balaban J connectivity index is 1.04. The number of ether oxygens (including phenoxy) is 2. The fourth-order valence-corrected chi connectivity index (χ4v) is 8.07. The number of hydrogen-bond donors (Lipinski definition) is 2. The Hall–Kier alpha value is -7.29. The summed E-state index contributed by atoms with van der Waals surface area (Å²) in [6.07, 6.45) is 5.93. The van der Waals surface area contributed by atoms with Gasteiger partial charge >= 0.3 is 23.9 Å². The summed E-state index contributed by atoms with van der Waals surface area (Å²) in [5, 5.41) is 1.58. The molecule has 10 nitrogen and oxygen atoms in total. The first-order valence-corrected chi connectivity index (χ1v) is 20.8. The standard InChI is InChI=1S/C46H40N2O8Si2/c1-29-3-13-33(14-4-29)45(51)53-37-19-7-31(8-20-37)11-25-43(49)55-57-41-27-35(47)17-23-39(41)40-24-18-36(48)28-42(40)58-56-44(50)26-12-32-9-21-38(22-10-32)54-46(52)34-15-5-30(2)6-16-34/h3-28H,47-48,57-58H2,1-2H3/b25-11+,26-12+. The predicted molar refractivity (Wildman–Crippen MR) is 232 cm³/mol. The second kappa shape index (κ2) is 19.0. The van der Waals surface area contributed by atoms with Gasteiger partial charge in [0.25, 0.3) is 19.5 Å². The molecule has 0 aromatic heterocycles. The maximum Gasteiger partial charge on any atom is 0.343 e. The fraction of sp³-hybridized carbons (Fsp3) is 0.0435. The van der Waals surface area contributed by atoms with Crippen molar-refractivity contribution in [1.29, 1.82) is 0 Å². The van der Waals surface area contributed by atoms with Crippen molar-refractivity contribution in [2.75, 3.05) is 11.5 Å².